The van der Waals surface area contributed by atoms with Crippen LogP contribution in [-0.2, 0) is 9.53 Å². The Bertz CT molecular complexity index is 267. The second kappa shape index (κ2) is 6.09. The molecule has 0 amide bonds. The molecule has 0 spiro atoms. The molecule has 0 aromatic carbocycles. The van der Waals surface area contributed by atoms with Crippen molar-refractivity contribution in [3.63, 3.8) is 0 Å². The minimum absolute atomic E-state index is 0.0376. The first-order valence-corrected chi connectivity index (χ1v) is 5.10. The maximum absolute atomic E-state index is 11.2. The van der Waals surface area contributed by atoms with Crippen LogP contribution in [0.2, 0.25) is 0 Å². The molecule has 0 aliphatic carbocycles. The minimum Gasteiger partial charge on any atom is -0.459 e. The van der Waals surface area contributed by atoms with Crippen LogP contribution >= 0.6 is 58.0 Å². The van der Waals surface area contributed by atoms with Gasteiger partial charge in [0.15, 0.2) is 0 Å². The molecule has 0 aliphatic heterocycles. The number of carbonyl (C=O) groups excluding carboxylic acids is 1. The molecule has 0 aliphatic rings. The van der Waals surface area contributed by atoms with Gasteiger partial charge in [-0.3, -0.25) is 0 Å². The number of rotatable bonds is 4. The molecule has 0 aromatic rings. The summed E-state index contributed by atoms with van der Waals surface area (Å²) in [5.74, 6) is -0.968. The van der Waals surface area contributed by atoms with E-state index < -0.39 is 19.8 Å². The highest BCUT2D eigenvalue weighted by Crippen LogP contribution is 2.38. The van der Waals surface area contributed by atoms with Crippen molar-refractivity contribution in [3.05, 3.63) is 22.2 Å². The number of esters is 1. The van der Waals surface area contributed by atoms with Gasteiger partial charge in [-0.15, -0.1) is 0 Å². The fourth-order valence-electron chi connectivity index (χ4n) is 0.434. The van der Waals surface area contributed by atoms with E-state index in [2.05, 4.69) is 11.3 Å². The maximum atomic E-state index is 11.2. The Labute approximate surface area is 106 Å². The Morgan fingerprint density at radius 3 is 2.21 bits per heavy atom. The van der Waals surface area contributed by atoms with Crippen LogP contribution in [0.1, 0.15) is 0 Å². The molecule has 0 N–H and O–H groups in total. The summed E-state index contributed by atoms with van der Waals surface area (Å²) in [5.41, 5.74) is 0. The summed E-state index contributed by atoms with van der Waals surface area (Å²) in [7, 11) is 0. The van der Waals surface area contributed by atoms with Gasteiger partial charge in [-0.2, -0.15) is 0 Å². The van der Waals surface area contributed by atoms with Gasteiger partial charge >= 0.3 is 5.97 Å². The zero-order valence-electron chi connectivity index (χ0n) is 6.70. The average molecular weight is 298 g/mol. The highest BCUT2D eigenvalue weighted by atomic mass is 35.5. The summed E-state index contributed by atoms with van der Waals surface area (Å²) >= 11 is 27.3. The van der Waals surface area contributed by atoms with Crippen LogP contribution in [0.15, 0.2) is 22.2 Å². The third kappa shape index (κ3) is 3.87. The van der Waals surface area contributed by atoms with E-state index in [1.165, 1.54) is 6.08 Å². The van der Waals surface area contributed by atoms with Crippen LogP contribution in [0.3, 0.4) is 0 Å². The van der Waals surface area contributed by atoms with Gasteiger partial charge in [0.05, 0.1) is 5.03 Å². The lowest BCUT2D eigenvalue weighted by atomic mass is 10.4. The van der Waals surface area contributed by atoms with Crippen LogP contribution in [0, 0.1) is 0 Å². The topological polar surface area (TPSA) is 26.3 Å². The fraction of sp³-hybridized carbons (Fsp3) is 0.286. The predicted octanol–water partition coefficient (Wildman–Crippen LogP) is 3.78. The van der Waals surface area contributed by atoms with Crippen LogP contribution in [0.4, 0.5) is 0 Å². The van der Waals surface area contributed by atoms with E-state index in [1.807, 2.05) is 0 Å². The Morgan fingerprint density at radius 1 is 1.36 bits per heavy atom. The highest BCUT2D eigenvalue weighted by Gasteiger charge is 2.40. The van der Waals surface area contributed by atoms with E-state index in [9.17, 15) is 4.79 Å². The Kier molecular flexibility index (Phi) is 6.26. The minimum atomic E-state index is -2.09. The van der Waals surface area contributed by atoms with Gasteiger partial charge in [0, 0.05) is 0 Å². The van der Waals surface area contributed by atoms with Crippen LogP contribution in [-0.4, -0.2) is 16.9 Å². The van der Waals surface area contributed by atoms with Gasteiger partial charge in [-0.25, -0.2) is 4.79 Å². The van der Waals surface area contributed by atoms with Crippen molar-refractivity contribution in [1.29, 1.82) is 0 Å². The molecule has 0 bridgehead atoms. The first kappa shape index (κ1) is 14.4. The number of alkyl halides is 2. The molecule has 0 fully saturated rings. The second-order valence-corrected chi connectivity index (χ2v) is 4.69. The zero-order chi connectivity index (χ0) is 11.4. The molecular formula is C7H5Cl5O2. The van der Waals surface area contributed by atoms with Crippen LogP contribution in [0.25, 0.3) is 0 Å². The molecule has 7 heteroatoms. The molecule has 0 radical (unpaired) electrons. The van der Waals surface area contributed by atoms with Gasteiger partial charge in [-0.05, 0) is 0 Å². The molecule has 80 valence electrons. The molecule has 14 heavy (non-hydrogen) atoms. The summed E-state index contributed by atoms with van der Waals surface area (Å²) in [4.78, 5) is 11.2. The molecule has 0 saturated carbocycles. The third-order valence-corrected chi connectivity index (χ3v) is 2.95. The van der Waals surface area contributed by atoms with E-state index in [-0.39, 0.29) is 6.61 Å². The van der Waals surface area contributed by atoms with E-state index in [4.69, 9.17) is 58.0 Å². The quantitative estimate of drug-likeness (QED) is 0.448. The monoisotopic (exact) mass is 296 g/mol. The standard InChI is InChI=1S/C7H5Cl5O2/c1-2-3-14-6(13)7(11,12)4(8)5(9)10/h2H,1,3H2. The summed E-state index contributed by atoms with van der Waals surface area (Å²) in [5, 5.41) is -0.404. The lowest BCUT2D eigenvalue weighted by molar-refractivity contribution is -0.142. The van der Waals surface area contributed by atoms with Gasteiger partial charge < -0.3 is 4.74 Å². The Morgan fingerprint density at radius 2 is 1.86 bits per heavy atom. The Balaban J connectivity index is 4.69. The summed E-state index contributed by atoms with van der Waals surface area (Å²) in [6.45, 7) is 3.30. The van der Waals surface area contributed by atoms with Crippen molar-refractivity contribution in [3.8, 4) is 0 Å². The molecule has 0 unspecified atom stereocenters. The summed E-state index contributed by atoms with van der Waals surface area (Å²) in [6.07, 6.45) is 1.35. The summed E-state index contributed by atoms with van der Waals surface area (Å²) < 4.78 is 2.08. The van der Waals surface area contributed by atoms with Crippen LogP contribution < -0.4 is 0 Å². The molecule has 0 saturated heterocycles. The zero-order valence-corrected chi connectivity index (χ0v) is 10.5. The second-order valence-electron chi connectivity index (χ2n) is 2.04. The van der Waals surface area contributed by atoms with Crippen molar-refractivity contribution in [1.82, 2.24) is 0 Å². The first-order chi connectivity index (χ1) is 6.34. The third-order valence-electron chi connectivity index (χ3n) is 1.03. The molecular weight excluding hydrogens is 293 g/mol. The smallest absolute Gasteiger partial charge is 0.348 e. The number of ether oxygens (including phenoxy) is 1. The van der Waals surface area contributed by atoms with E-state index in [0.29, 0.717) is 0 Å². The van der Waals surface area contributed by atoms with E-state index in [1.54, 1.807) is 0 Å². The lowest BCUT2D eigenvalue weighted by Gasteiger charge is -2.16. The molecule has 0 atom stereocenters. The molecule has 0 heterocycles. The van der Waals surface area contributed by atoms with Gasteiger partial charge in [0.25, 0.3) is 4.33 Å². The normalized spacial score (nSPS) is 10.6. The van der Waals surface area contributed by atoms with Gasteiger partial charge in [0.2, 0.25) is 0 Å². The molecule has 0 aromatic heterocycles. The predicted molar refractivity (Wildman–Crippen MR) is 60.2 cm³/mol. The Hall–Kier alpha value is 0.400. The van der Waals surface area contributed by atoms with Gasteiger partial charge in [0.1, 0.15) is 11.1 Å². The highest BCUT2D eigenvalue weighted by molar-refractivity contribution is 6.68. The first-order valence-electron chi connectivity index (χ1n) is 3.21. The number of halogens is 5. The summed E-state index contributed by atoms with van der Waals surface area (Å²) in [6, 6.07) is 0. The van der Waals surface area contributed by atoms with Crippen LogP contribution in [0.5, 0.6) is 0 Å². The molecule has 0 rings (SSSR count). The largest absolute Gasteiger partial charge is 0.459 e. The van der Waals surface area contributed by atoms with Crippen molar-refractivity contribution >= 4 is 64.0 Å². The van der Waals surface area contributed by atoms with E-state index >= 15 is 0 Å². The number of hydrogen-bond donors (Lipinski definition) is 0. The van der Waals surface area contributed by atoms with Crippen molar-refractivity contribution < 1.29 is 9.53 Å². The fourth-order valence-corrected chi connectivity index (χ4v) is 1.29. The number of hydrogen-bond acceptors (Lipinski definition) is 2. The van der Waals surface area contributed by atoms with Gasteiger partial charge in [-0.1, -0.05) is 70.7 Å². The average Bonchev–Trinajstić information content (AvgIpc) is 2.12. The van der Waals surface area contributed by atoms with Crippen molar-refractivity contribution in [2.75, 3.05) is 6.61 Å². The van der Waals surface area contributed by atoms with Crippen molar-refractivity contribution in [2.24, 2.45) is 0 Å². The SMILES string of the molecule is C=CCOC(=O)C(Cl)(Cl)C(Cl)=C(Cl)Cl. The molecule has 2 nitrogen and oxygen atoms in total. The maximum Gasteiger partial charge on any atom is 0.348 e. The van der Waals surface area contributed by atoms with E-state index in [0.717, 1.165) is 0 Å². The van der Waals surface area contributed by atoms with Crippen molar-refractivity contribution in [2.45, 2.75) is 4.33 Å². The lowest BCUT2D eigenvalue weighted by Crippen LogP contribution is -2.29. The number of carbonyl (C=O) groups is 1.